The van der Waals surface area contributed by atoms with Crippen molar-refractivity contribution in [1.82, 2.24) is 9.97 Å². The molecule has 0 aliphatic heterocycles. The van der Waals surface area contributed by atoms with Crippen LogP contribution in [0.1, 0.15) is 0 Å². The number of hydrogen-bond donors (Lipinski definition) is 1. The number of fused-ring (bicyclic) bond motifs is 1. The number of nitrogens with zero attached hydrogens (tertiary/aromatic N) is 2. The first kappa shape index (κ1) is 17.9. The Morgan fingerprint density at radius 1 is 1.00 bits per heavy atom. The highest BCUT2D eigenvalue weighted by atomic mass is 127. The van der Waals surface area contributed by atoms with Gasteiger partial charge in [-0.05, 0) is 71.1 Å². The van der Waals surface area contributed by atoms with Crippen LogP contribution in [0.2, 0.25) is 5.02 Å². The standard InChI is InChI=1S/C20H12ClFIN3O/c21-17-10-14(5-7-19(17)27-15-3-1-2-12(22)8-15)26-20-16-9-13(23)4-6-18(16)24-11-25-20/h1-11H,(H,24,25,26). The molecule has 0 bridgehead atoms. The van der Waals surface area contributed by atoms with Crippen molar-refractivity contribution in [2.75, 3.05) is 5.32 Å². The summed E-state index contributed by atoms with van der Waals surface area (Å²) in [4.78, 5) is 8.61. The number of aromatic nitrogens is 2. The topological polar surface area (TPSA) is 47.0 Å². The van der Waals surface area contributed by atoms with Gasteiger partial charge in [0, 0.05) is 20.7 Å². The SMILES string of the molecule is Fc1cccc(Oc2ccc(Nc3ncnc4ccc(I)cc34)cc2Cl)c1. The van der Waals surface area contributed by atoms with E-state index in [0.717, 1.165) is 20.2 Å². The molecule has 1 N–H and O–H groups in total. The third-order valence-electron chi connectivity index (χ3n) is 3.82. The Morgan fingerprint density at radius 2 is 1.89 bits per heavy atom. The fourth-order valence-electron chi connectivity index (χ4n) is 2.58. The number of rotatable bonds is 4. The molecule has 0 fully saturated rings. The van der Waals surface area contributed by atoms with Crippen molar-refractivity contribution in [1.29, 1.82) is 0 Å². The van der Waals surface area contributed by atoms with Gasteiger partial charge in [0.05, 0.1) is 10.5 Å². The average molecular weight is 492 g/mol. The minimum atomic E-state index is -0.368. The molecule has 4 rings (SSSR count). The lowest BCUT2D eigenvalue weighted by Crippen LogP contribution is -1.97. The summed E-state index contributed by atoms with van der Waals surface area (Å²) in [5, 5.41) is 4.58. The van der Waals surface area contributed by atoms with E-state index in [1.165, 1.54) is 18.5 Å². The molecule has 3 aromatic carbocycles. The number of anilines is 2. The molecule has 7 heteroatoms. The Morgan fingerprint density at radius 3 is 2.70 bits per heavy atom. The van der Waals surface area contributed by atoms with E-state index in [9.17, 15) is 4.39 Å². The van der Waals surface area contributed by atoms with Crippen LogP contribution in [0.4, 0.5) is 15.9 Å². The number of halogens is 3. The van der Waals surface area contributed by atoms with Crippen molar-refractivity contribution in [2.45, 2.75) is 0 Å². The zero-order valence-electron chi connectivity index (χ0n) is 13.8. The molecule has 1 aromatic heterocycles. The molecule has 0 atom stereocenters. The molecule has 0 radical (unpaired) electrons. The maximum absolute atomic E-state index is 13.3. The van der Waals surface area contributed by atoms with Gasteiger partial charge < -0.3 is 10.1 Å². The third kappa shape index (κ3) is 4.12. The summed E-state index contributed by atoms with van der Waals surface area (Å²) in [6, 6.07) is 17.1. The van der Waals surface area contributed by atoms with E-state index >= 15 is 0 Å². The lowest BCUT2D eigenvalue weighted by molar-refractivity contribution is 0.477. The van der Waals surface area contributed by atoms with E-state index in [-0.39, 0.29) is 5.82 Å². The van der Waals surface area contributed by atoms with Crippen molar-refractivity contribution >= 4 is 56.6 Å². The average Bonchev–Trinajstić information content (AvgIpc) is 2.64. The van der Waals surface area contributed by atoms with Crippen molar-refractivity contribution in [3.63, 3.8) is 0 Å². The van der Waals surface area contributed by atoms with Gasteiger partial charge >= 0.3 is 0 Å². The Balaban J connectivity index is 1.61. The molecule has 0 saturated carbocycles. The van der Waals surface area contributed by atoms with E-state index in [4.69, 9.17) is 16.3 Å². The largest absolute Gasteiger partial charge is 0.456 e. The first-order valence-electron chi connectivity index (χ1n) is 7.99. The van der Waals surface area contributed by atoms with Gasteiger partial charge in [0.25, 0.3) is 0 Å². The van der Waals surface area contributed by atoms with Gasteiger partial charge in [-0.3, -0.25) is 0 Å². The van der Waals surface area contributed by atoms with E-state index < -0.39 is 0 Å². The Kier molecular flexibility index (Phi) is 5.09. The molecule has 0 aliphatic rings. The van der Waals surface area contributed by atoms with Crippen LogP contribution < -0.4 is 10.1 Å². The lowest BCUT2D eigenvalue weighted by atomic mass is 10.2. The molecular formula is C20H12ClFIN3O. The predicted octanol–water partition coefficient (Wildman–Crippen LogP) is 6.56. The van der Waals surface area contributed by atoms with Crippen LogP contribution in [0.25, 0.3) is 10.9 Å². The molecule has 1 heterocycles. The van der Waals surface area contributed by atoms with Gasteiger partial charge in [0.15, 0.2) is 0 Å². The Hall–Kier alpha value is -2.45. The van der Waals surface area contributed by atoms with Crippen molar-refractivity contribution < 1.29 is 9.13 Å². The van der Waals surface area contributed by atoms with E-state index in [1.807, 2.05) is 24.3 Å². The molecule has 27 heavy (non-hydrogen) atoms. The van der Waals surface area contributed by atoms with Gasteiger partial charge in [0.1, 0.15) is 29.5 Å². The summed E-state index contributed by atoms with van der Waals surface area (Å²) < 4.78 is 20.0. The fourth-order valence-corrected chi connectivity index (χ4v) is 3.29. The zero-order chi connectivity index (χ0) is 18.8. The lowest BCUT2D eigenvalue weighted by Gasteiger charge is -2.12. The maximum Gasteiger partial charge on any atom is 0.146 e. The van der Waals surface area contributed by atoms with E-state index in [2.05, 4.69) is 37.9 Å². The van der Waals surface area contributed by atoms with Gasteiger partial charge in [-0.2, -0.15) is 0 Å². The highest BCUT2D eigenvalue weighted by Crippen LogP contribution is 2.33. The monoisotopic (exact) mass is 491 g/mol. The smallest absolute Gasteiger partial charge is 0.146 e. The third-order valence-corrected chi connectivity index (χ3v) is 4.78. The number of hydrogen-bond acceptors (Lipinski definition) is 4. The van der Waals surface area contributed by atoms with Crippen LogP contribution in [-0.4, -0.2) is 9.97 Å². The highest BCUT2D eigenvalue weighted by molar-refractivity contribution is 14.1. The Labute approximate surface area is 173 Å². The summed E-state index contributed by atoms with van der Waals surface area (Å²) in [6.45, 7) is 0. The maximum atomic E-state index is 13.3. The van der Waals surface area contributed by atoms with Gasteiger partial charge in [-0.25, -0.2) is 14.4 Å². The van der Waals surface area contributed by atoms with Crippen molar-refractivity contribution in [3.8, 4) is 11.5 Å². The summed E-state index contributed by atoms with van der Waals surface area (Å²) >= 11 is 8.59. The molecule has 0 spiro atoms. The Bertz CT molecular complexity index is 1140. The summed E-state index contributed by atoms with van der Waals surface area (Å²) in [5.41, 5.74) is 1.61. The molecule has 4 aromatic rings. The van der Waals surface area contributed by atoms with Crippen LogP contribution in [0.15, 0.2) is 67.0 Å². The van der Waals surface area contributed by atoms with Crippen LogP contribution in [0.5, 0.6) is 11.5 Å². The summed E-state index contributed by atoms with van der Waals surface area (Å²) in [7, 11) is 0. The van der Waals surface area contributed by atoms with E-state index in [1.54, 1.807) is 24.3 Å². The number of nitrogens with one attached hydrogen (secondary N) is 1. The summed E-state index contributed by atoms with van der Waals surface area (Å²) in [5.74, 6) is 1.14. The quantitative estimate of drug-likeness (QED) is 0.328. The predicted molar refractivity (Wildman–Crippen MR) is 113 cm³/mol. The summed E-state index contributed by atoms with van der Waals surface area (Å²) in [6.07, 6.45) is 1.51. The molecular weight excluding hydrogens is 480 g/mol. The fraction of sp³-hybridized carbons (Fsp3) is 0. The van der Waals surface area contributed by atoms with Crippen molar-refractivity contribution in [2.24, 2.45) is 0 Å². The van der Waals surface area contributed by atoms with E-state index in [0.29, 0.717) is 22.3 Å². The second kappa shape index (κ2) is 7.66. The van der Waals surface area contributed by atoms with Crippen LogP contribution >= 0.6 is 34.2 Å². The van der Waals surface area contributed by atoms with Crippen molar-refractivity contribution in [3.05, 3.63) is 81.4 Å². The minimum absolute atomic E-state index is 0.368. The number of benzene rings is 3. The molecule has 0 amide bonds. The molecule has 0 aliphatic carbocycles. The normalized spacial score (nSPS) is 10.8. The molecule has 0 saturated heterocycles. The minimum Gasteiger partial charge on any atom is -0.456 e. The van der Waals surface area contributed by atoms with Crippen LogP contribution in [0, 0.1) is 9.39 Å². The van der Waals surface area contributed by atoms with Crippen LogP contribution in [0.3, 0.4) is 0 Å². The molecule has 4 nitrogen and oxygen atoms in total. The number of ether oxygens (including phenoxy) is 1. The molecule has 134 valence electrons. The first-order valence-corrected chi connectivity index (χ1v) is 9.44. The first-order chi connectivity index (χ1) is 13.1. The van der Waals surface area contributed by atoms with Gasteiger partial charge in [-0.1, -0.05) is 17.7 Å². The second-order valence-electron chi connectivity index (χ2n) is 5.71. The van der Waals surface area contributed by atoms with Gasteiger partial charge in [0.2, 0.25) is 0 Å². The highest BCUT2D eigenvalue weighted by Gasteiger charge is 2.08. The van der Waals surface area contributed by atoms with Crippen LogP contribution in [-0.2, 0) is 0 Å². The second-order valence-corrected chi connectivity index (χ2v) is 7.37. The van der Waals surface area contributed by atoms with Gasteiger partial charge in [-0.15, -0.1) is 0 Å². The molecule has 0 unspecified atom stereocenters. The zero-order valence-corrected chi connectivity index (χ0v) is 16.7.